The van der Waals surface area contributed by atoms with Crippen molar-refractivity contribution in [3.05, 3.63) is 94.5 Å². The zero-order valence-electron chi connectivity index (χ0n) is 83.6. The molecule has 17 amide bonds. The second-order valence-corrected chi connectivity index (χ2v) is 36.4. The number of methoxy groups -OCH3 is 1. The normalized spacial score (nSPS) is 14.8. The number of phenolic OH excluding ortho intramolecular Hbond substituents is 1. The van der Waals surface area contributed by atoms with Crippen LogP contribution < -0.4 is 141 Å². The summed E-state index contributed by atoms with van der Waals surface area (Å²) in [6.45, 7) is 13.5. The molecule has 146 heavy (non-hydrogen) atoms. The highest BCUT2D eigenvalue weighted by Crippen LogP contribution is 2.20. The largest absolute Gasteiger partial charge is 0.508 e. The molecule has 53 heteroatoms. The van der Waals surface area contributed by atoms with Gasteiger partial charge in [0.05, 0.1) is 32.1 Å². The van der Waals surface area contributed by atoms with Crippen molar-refractivity contribution >= 4 is 142 Å². The fourth-order valence-corrected chi connectivity index (χ4v) is 14.7. The monoisotopic (exact) mass is 2080 g/mol. The summed E-state index contributed by atoms with van der Waals surface area (Å²) in [7, 11) is 1.38. The number of carboxylic acids is 2. The number of hydrogen-bond acceptors (Lipinski definition) is 27. The number of carbonyl (C=O) groups is 19. The minimum absolute atomic E-state index is 0.0130. The third kappa shape index (κ3) is 47.1. The van der Waals surface area contributed by atoms with Crippen LogP contribution in [0.2, 0.25) is 5.02 Å². The first-order valence-electron chi connectivity index (χ1n) is 47.8. The first-order valence-corrected chi connectivity index (χ1v) is 48.2. The molecule has 0 saturated carbocycles. The third-order valence-corrected chi connectivity index (χ3v) is 23.2. The fraction of sp³-hybridized carbons (Fsp3) is 0.570. The maximum Gasteiger partial charge on any atom is 0.326 e. The highest BCUT2D eigenvalue weighted by molar-refractivity contribution is 6.30. The quantitative estimate of drug-likeness (QED) is 0.0142. The molecule has 0 spiro atoms. The second-order valence-electron chi connectivity index (χ2n) is 36.0. The van der Waals surface area contributed by atoms with Gasteiger partial charge in [0.2, 0.25) is 100 Å². The molecule has 3 rings (SSSR count). The van der Waals surface area contributed by atoms with Gasteiger partial charge in [-0.25, -0.2) is 4.79 Å². The summed E-state index contributed by atoms with van der Waals surface area (Å²) in [6, 6.07) is -8.37. The molecule has 810 valence electrons. The number of halogens is 1. The van der Waals surface area contributed by atoms with Gasteiger partial charge in [0.25, 0.3) is 0 Å². The van der Waals surface area contributed by atoms with Crippen LogP contribution >= 0.6 is 11.6 Å². The molecular formula is C93H147ClN28O24. The Morgan fingerprint density at radius 1 is 0.377 bits per heavy atom. The minimum atomic E-state index is -2.10. The topological polar surface area (TPSA) is 885 Å². The SMILES string of the molecule is CC[C@H](NC(=O)[C@H](CC(C)C)NC(=O)[C@@H](NC(=O)[C@H](CCCCN)NC(=O)[C@H](CCCNC(=N)N)NC(=O)[C@H](Cc1ccc(OC)cc1)NC(=O)[C@H](CCCNC(=N)N)NC(=O)[C@H](CC(N)=O)NC(=O)[C@@H](NC(=O)[C@H](Cc1ccc(Cl)cc1)NC(=O)[C@@H](NC(=O)[C@H](C)NC(=O)[C@H](CC(=O)O)NC(=O)[C@@H](CCCNC(=N)N)NC(=O)[C@@H](N)Cc1ccc(O)cc1)[C@@H](C)CC)[C@@H](C)O)C(C)C)C(=O)N[C@@H](CCC(N)=O)C(=O)O. The minimum Gasteiger partial charge on any atom is -0.508 e. The van der Waals surface area contributed by atoms with Gasteiger partial charge in [0.1, 0.15) is 102 Å². The lowest BCUT2D eigenvalue weighted by Crippen LogP contribution is -2.63. The Bertz CT molecular complexity index is 4930. The van der Waals surface area contributed by atoms with Crippen LogP contribution in [-0.2, 0) is 110 Å². The number of benzene rings is 3. The van der Waals surface area contributed by atoms with Crippen molar-refractivity contribution in [1.29, 1.82) is 16.2 Å². The lowest BCUT2D eigenvalue weighted by molar-refractivity contribution is -0.143. The number of amides is 17. The Morgan fingerprint density at radius 2 is 0.733 bits per heavy atom. The molecule has 0 fully saturated rings. The van der Waals surface area contributed by atoms with Crippen molar-refractivity contribution < 1.29 is 116 Å². The molecule has 3 aromatic rings. The number of ether oxygens (including phenoxy) is 1. The lowest BCUT2D eigenvalue weighted by atomic mass is 9.96. The van der Waals surface area contributed by atoms with E-state index >= 15 is 14.4 Å². The molecule has 0 aliphatic rings. The summed E-state index contributed by atoms with van der Waals surface area (Å²) in [5.41, 5.74) is 40.8. The van der Waals surface area contributed by atoms with Gasteiger partial charge in [-0.1, -0.05) is 103 Å². The molecule has 0 aliphatic heterocycles. The van der Waals surface area contributed by atoms with Crippen LogP contribution in [0.5, 0.6) is 11.5 Å². The summed E-state index contributed by atoms with van der Waals surface area (Å²) in [5, 5.41) is 109. The van der Waals surface area contributed by atoms with Gasteiger partial charge >= 0.3 is 11.9 Å². The van der Waals surface area contributed by atoms with E-state index in [0.29, 0.717) is 28.9 Å². The number of carbonyl (C=O) groups excluding carboxylic acids is 17. The van der Waals surface area contributed by atoms with E-state index in [1.54, 1.807) is 34.6 Å². The Labute approximate surface area is 850 Å². The van der Waals surface area contributed by atoms with E-state index in [4.69, 9.17) is 72.7 Å². The molecule has 0 aliphatic carbocycles. The first-order chi connectivity index (χ1) is 68.7. The van der Waals surface area contributed by atoms with Crippen LogP contribution in [0.4, 0.5) is 0 Å². The number of primary amides is 2. The predicted molar refractivity (Wildman–Crippen MR) is 534 cm³/mol. The van der Waals surface area contributed by atoms with Gasteiger partial charge in [0, 0.05) is 43.9 Å². The van der Waals surface area contributed by atoms with E-state index in [9.17, 15) is 97.1 Å². The maximum atomic E-state index is 15.3. The van der Waals surface area contributed by atoms with Crippen LogP contribution in [-0.4, -0.2) is 287 Å². The number of aliphatic hydroxyl groups is 1. The van der Waals surface area contributed by atoms with Gasteiger partial charge in [-0.2, -0.15) is 0 Å². The number of nitrogens with two attached hydrogens (primary N) is 7. The third-order valence-electron chi connectivity index (χ3n) is 23.0. The van der Waals surface area contributed by atoms with Crippen molar-refractivity contribution in [3.8, 4) is 11.5 Å². The van der Waals surface area contributed by atoms with Crippen molar-refractivity contribution in [2.75, 3.05) is 33.3 Å². The van der Waals surface area contributed by atoms with E-state index in [1.807, 2.05) is 0 Å². The van der Waals surface area contributed by atoms with Crippen LogP contribution in [0.1, 0.15) is 182 Å². The zero-order chi connectivity index (χ0) is 110. The standard InChI is InChI=1S/C93H147ClN28O24/c1-11-48(7)73(121-75(129)49(8)108-82(136)68(45-71(127)128)116-79(133)60(19-15-37-105-91(99)100)110-76(130)57(96)41-51-24-30-55(124)31-25-51)88(142)118-66(42-52-22-28-54(94)29-23-52)86(140)122-74(50(9)123)89(143)119-67(44-70(98)126)85(139)113-62(21-17-39-107-93(103)104)80(134)115-65(43-53-26-32-56(146-10)33-27-53)84(138)112-61(20-16-38-106-92(101)102)78(132)111-59(18-13-14-36-95)81(135)120-72(47(5)6)87(141)117-64(40-46(3)4)83(137)109-58(12-2)77(131)114-63(90(144)145)34-35-69(97)125/h22-33,46-50,57-68,72-74,123-124H,11-21,34-45,95-96H2,1-10H3,(H2,97,125)(H2,98,126)(H,108,136)(H,109,137)(H,110,130)(H,111,132)(H,112,138)(H,113,139)(H,114,131)(H,115,134)(H,116,133)(H,117,141)(H,118,142)(H,119,143)(H,120,135)(H,121,129)(H,122,140)(H,127,128)(H,144,145)(H4,99,100,105)(H4,101,102,106)(H4,103,104,107)/t48-,49-,50+,57-,58-,59-,60+,61-,62-,63-,64-,65-,66-,67-,68-,72-,73-,74-/m0/s1. The molecule has 0 heterocycles. The Morgan fingerprint density at radius 3 is 1.17 bits per heavy atom. The number of hydrogen-bond donors (Lipinski definition) is 32. The molecule has 52 nitrogen and oxygen atoms in total. The molecule has 0 bridgehead atoms. The van der Waals surface area contributed by atoms with Crippen molar-refractivity contribution in [1.82, 2.24) is 95.7 Å². The van der Waals surface area contributed by atoms with Crippen molar-refractivity contribution in [3.63, 3.8) is 0 Å². The number of unbranched alkanes of at least 4 members (excludes halogenated alkanes) is 1. The fourth-order valence-electron chi connectivity index (χ4n) is 14.6. The molecule has 18 atom stereocenters. The highest BCUT2D eigenvalue weighted by atomic mass is 35.5. The first kappa shape index (κ1) is 125. The van der Waals surface area contributed by atoms with E-state index in [2.05, 4.69) is 95.7 Å². The number of guanidine groups is 3. The molecule has 3 aromatic carbocycles. The number of nitrogens with one attached hydrogen (secondary N) is 21. The average Bonchev–Trinajstić information content (AvgIpc) is 0.909. The number of aromatic hydroxyl groups is 1. The van der Waals surface area contributed by atoms with Crippen molar-refractivity contribution in [2.24, 2.45) is 57.9 Å². The van der Waals surface area contributed by atoms with Crippen LogP contribution in [0.15, 0.2) is 72.8 Å². The number of phenols is 1. The number of rotatable bonds is 68. The summed E-state index contributed by atoms with van der Waals surface area (Å²) in [6.07, 6.45) is -6.02. The molecule has 39 N–H and O–H groups in total. The molecule has 0 unspecified atom stereocenters. The Hall–Kier alpha value is -14.8. The molecule has 0 radical (unpaired) electrons. The van der Waals surface area contributed by atoms with Gasteiger partial charge < -0.3 is 161 Å². The Kier molecular flexibility index (Phi) is 55.6. The van der Waals surface area contributed by atoms with Gasteiger partial charge in [-0.05, 0) is 175 Å². The highest BCUT2D eigenvalue weighted by Gasteiger charge is 2.41. The Balaban J connectivity index is 2.08. The van der Waals surface area contributed by atoms with E-state index < -0.39 is 271 Å². The van der Waals surface area contributed by atoms with Gasteiger partial charge in [-0.15, -0.1) is 0 Å². The average molecular weight is 2080 g/mol. The van der Waals surface area contributed by atoms with E-state index in [1.165, 1.54) is 93.8 Å². The van der Waals surface area contributed by atoms with Gasteiger partial charge in [-0.3, -0.25) is 103 Å². The number of aliphatic carboxylic acids is 2. The molecular weight excluding hydrogens is 1930 g/mol. The molecule has 0 saturated heterocycles. The van der Waals surface area contributed by atoms with Gasteiger partial charge in [0.15, 0.2) is 17.9 Å². The summed E-state index contributed by atoms with van der Waals surface area (Å²) < 4.78 is 5.36. The maximum absolute atomic E-state index is 15.3. The summed E-state index contributed by atoms with van der Waals surface area (Å²) in [5.74, 6) is -23.9. The van der Waals surface area contributed by atoms with Crippen LogP contribution in [0.3, 0.4) is 0 Å². The second kappa shape index (κ2) is 64.7. The van der Waals surface area contributed by atoms with E-state index in [0.717, 1.165) is 13.8 Å². The zero-order valence-corrected chi connectivity index (χ0v) is 84.4. The molecule has 0 aromatic heterocycles. The van der Waals surface area contributed by atoms with Crippen molar-refractivity contribution in [2.45, 2.75) is 287 Å². The lowest BCUT2D eigenvalue weighted by Gasteiger charge is -2.30. The van der Waals surface area contributed by atoms with E-state index in [-0.39, 0.29) is 133 Å². The number of carboxylic acid groups (broad SMARTS) is 2. The predicted octanol–water partition coefficient (Wildman–Crippen LogP) is -6.14. The van der Waals surface area contributed by atoms with Crippen LogP contribution in [0, 0.1) is 34.0 Å². The summed E-state index contributed by atoms with van der Waals surface area (Å²) >= 11 is 6.24. The summed E-state index contributed by atoms with van der Waals surface area (Å²) in [4.78, 5) is 266. The number of aliphatic hydroxyl groups excluding tert-OH is 1. The smallest absolute Gasteiger partial charge is 0.326 e. The van der Waals surface area contributed by atoms with Crippen LogP contribution in [0.25, 0.3) is 0 Å².